The van der Waals surface area contributed by atoms with Crippen molar-refractivity contribution in [2.45, 2.75) is 94.9 Å². The Morgan fingerprint density at radius 1 is 1.23 bits per heavy atom. The van der Waals surface area contributed by atoms with Crippen molar-refractivity contribution in [3.05, 3.63) is 88.4 Å². The number of aromatic hydroxyl groups is 1. The quantitative estimate of drug-likeness (QED) is 0.204. The number of phenols is 1. The van der Waals surface area contributed by atoms with Crippen molar-refractivity contribution in [1.29, 1.82) is 0 Å². The highest BCUT2D eigenvalue weighted by Gasteiger charge is 2.54. The van der Waals surface area contributed by atoms with Gasteiger partial charge in [0.1, 0.15) is 11.9 Å². The summed E-state index contributed by atoms with van der Waals surface area (Å²) >= 11 is 0. The number of aliphatic hydroxyl groups excluding tert-OH is 2. The lowest BCUT2D eigenvalue weighted by atomic mass is 9.58. The van der Waals surface area contributed by atoms with Crippen molar-refractivity contribution in [3.8, 4) is 11.5 Å². The summed E-state index contributed by atoms with van der Waals surface area (Å²) in [6, 6.07) is 11.8. The van der Waals surface area contributed by atoms with Crippen molar-refractivity contribution in [2.24, 2.45) is 16.6 Å². The number of phenolic OH excluding ortho intramolecular Hbond substituents is 1. The molecule has 2 aliphatic carbocycles. The molecule has 2 aromatic rings. The third kappa shape index (κ3) is 5.90. The zero-order chi connectivity index (χ0) is 32.7. The SMILES string of the molecule is CCC[C@H](O)C[C@@H](O)CC(=O)CCc1ccc(O)c(OCN2C=C3C([C@]45CCC[C@H]4CC4=CN[C@@H](N)c6cccc5c64)=CN=C3C2)c1. The Kier molecular flexibility index (Phi) is 8.72. The fourth-order valence-corrected chi connectivity index (χ4v) is 8.59. The van der Waals surface area contributed by atoms with Gasteiger partial charge < -0.3 is 36.0 Å². The number of carbonyl (C=O) groups excluding carboxylic acids is 1. The lowest BCUT2D eigenvalue weighted by molar-refractivity contribution is -0.121. The fourth-order valence-electron chi connectivity index (χ4n) is 8.59. The number of aryl methyl sites for hydroxylation is 1. The first-order chi connectivity index (χ1) is 22.8. The van der Waals surface area contributed by atoms with E-state index in [9.17, 15) is 20.1 Å². The van der Waals surface area contributed by atoms with Crippen molar-refractivity contribution in [2.75, 3.05) is 13.3 Å². The first-order valence-electron chi connectivity index (χ1n) is 17.2. The third-order valence-corrected chi connectivity index (χ3v) is 10.8. The van der Waals surface area contributed by atoms with E-state index in [0.29, 0.717) is 31.1 Å². The summed E-state index contributed by atoms with van der Waals surface area (Å²) in [5, 5.41) is 34.0. The molecule has 0 unspecified atom stereocenters. The van der Waals surface area contributed by atoms with E-state index in [1.54, 1.807) is 18.2 Å². The van der Waals surface area contributed by atoms with Crippen LogP contribution in [0.5, 0.6) is 11.5 Å². The number of aliphatic hydroxyl groups is 2. The van der Waals surface area contributed by atoms with Crippen LogP contribution in [0.25, 0.3) is 5.57 Å². The van der Waals surface area contributed by atoms with Crippen LogP contribution < -0.4 is 15.8 Å². The Bertz CT molecular complexity index is 1680. The van der Waals surface area contributed by atoms with Gasteiger partial charge in [0, 0.05) is 42.4 Å². The maximum atomic E-state index is 12.5. The number of fused-ring (bicyclic) bond motifs is 3. The van der Waals surface area contributed by atoms with Gasteiger partial charge in [-0.25, -0.2) is 0 Å². The molecule has 0 saturated heterocycles. The number of benzene rings is 2. The third-order valence-electron chi connectivity index (χ3n) is 10.8. The van der Waals surface area contributed by atoms with Gasteiger partial charge in [-0.2, -0.15) is 0 Å². The Morgan fingerprint density at radius 3 is 2.96 bits per heavy atom. The maximum Gasteiger partial charge on any atom is 0.163 e. The Hall–Kier alpha value is -3.92. The van der Waals surface area contributed by atoms with E-state index < -0.39 is 12.2 Å². The summed E-state index contributed by atoms with van der Waals surface area (Å²) in [5.74, 6) is 0.863. The number of ether oxygens (including phenoxy) is 1. The number of nitrogens with zero attached hydrogens (tertiary/aromatic N) is 2. The van der Waals surface area contributed by atoms with Crippen LogP contribution in [0, 0.1) is 5.92 Å². The number of allylic oxidation sites excluding steroid dienone is 2. The van der Waals surface area contributed by atoms with Crippen LogP contribution in [-0.4, -0.2) is 57.2 Å². The molecule has 0 spiro atoms. The molecule has 47 heavy (non-hydrogen) atoms. The van der Waals surface area contributed by atoms with Crippen LogP contribution in [0.3, 0.4) is 0 Å². The van der Waals surface area contributed by atoms with Crippen molar-refractivity contribution in [1.82, 2.24) is 10.2 Å². The molecule has 9 nitrogen and oxygen atoms in total. The highest BCUT2D eigenvalue weighted by Crippen LogP contribution is 2.61. The van der Waals surface area contributed by atoms with Gasteiger partial charge in [0.2, 0.25) is 0 Å². The van der Waals surface area contributed by atoms with E-state index in [2.05, 4.69) is 47.0 Å². The van der Waals surface area contributed by atoms with Gasteiger partial charge >= 0.3 is 0 Å². The normalized spacial score (nSPS) is 25.1. The van der Waals surface area contributed by atoms with E-state index in [-0.39, 0.29) is 49.1 Å². The van der Waals surface area contributed by atoms with E-state index >= 15 is 0 Å². The first-order valence-corrected chi connectivity index (χ1v) is 17.2. The average molecular weight is 639 g/mol. The van der Waals surface area contributed by atoms with Crippen LogP contribution in [0.2, 0.25) is 0 Å². The molecule has 2 aromatic carbocycles. The maximum absolute atomic E-state index is 12.5. The van der Waals surface area contributed by atoms with Crippen LogP contribution in [0.15, 0.2) is 71.1 Å². The molecular weight excluding hydrogens is 592 g/mol. The smallest absolute Gasteiger partial charge is 0.163 e. The molecule has 3 heterocycles. The van der Waals surface area contributed by atoms with Gasteiger partial charge in [-0.1, -0.05) is 44.0 Å². The second-order valence-electron chi connectivity index (χ2n) is 13.9. The second kappa shape index (κ2) is 12.9. The Balaban J connectivity index is 1.02. The number of hydrogen-bond acceptors (Lipinski definition) is 9. The minimum absolute atomic E-state index is 0.0313. The van der Waals surface area contributed by atoms with Crippen LogP contribution >= 0.6 is 0 Å². The monoisotopic (exact) mass is 638 g/mol. The molecular formula is C38H46N4O5. The van der Waals surface area contributed by atoms with Crippen LogP contribution in [0.1, 0.15) is 93.1 Å². The van der Waals surface area contributed by atoms with E-state index in [4.69, 9.17) is 15.5 Å². The second-order valence-corrected chi connectivity index (χ2v) is 13.9. The Morgan fingerprint density at radius 2 is 2.11 bits per heavy atom. The van der Waals surface area contributed by atoms with Gasteiger partial charge in [-0.15, -0.1) is 0 Å². The first kappa shape index (κ1) is 31.7. The number of ketones is 1. The van der Waals surface area contributed by atoms with Gasteiger partial charge in [0.15, 0.2) is 18.2 Å². The molecule has 5 atom stereocenters. The number of aliphatic imine (C=N–C) groups is 1. The molecule has 7 rings (SSSR count). The number of nitrogens with two attached hydrogens (primary N) is 1. The van der Waals surface area contributed by atoms with E-state index in [1.807, 2.05) is 6.92 Å². The molecule has 5 aliphatic rings. The van der Waals surface area contributed by atoms with Crippen molar-refractivity contribution in [3.63, 3.8) is 0 Å². The van der Waals surface area contributed by atoms with Crippen LogP contribution in [-0.2, 0) is 16.6 Å². The summed E-state index contributed by atoms with van der Waals surface area (Å²) in [4.78, 5) is 19.5. The summed E-state index contributed by atoms with van der Waals surface area (Å²) in [5.41, 5.74) is 16.0. The summed E-state index contributed by atoms with van der Waals surface area (Å²) in [6.45, 7) is 2.86. The van der Waals surface area contributed by atoms with E-state index in [0.717, 1.165) is 30.5 Å². The predicted molar refractivity (Wildman–Crippen MR) is 182 cm³/mol. The summed E-state index contributed by atoms with van der Waals surface area (Å²) in [6.07, 6.45) is 11.7. The standard InChI is InChI=1S/C38H46N4O5/c1-2-5-26(43)16-28(45)17-27(44)11-9-23-10-12-34(46)35(14-23)47-22-42-20-30-32(19-40-33(30)21-42)38-13-4-6-25(38)15-24-18-41-37(39)29-7-3-8-31(38)36(24)29/h3,7-8,10,12,14,18-20,25-26,28,37,41,43,45-46H,2,4-6,9,11,13,15-17,21-22,39H2,1H3/t25-,26-,28+,37+,38+/m0/s1. The van der Waals surface area contributed by atoms with Gasteiger partial charge in [0.05, 0.1) is 24.5 Å². The molecule has 1 fully saturated rings. The number of hydrogen-bond donors (Lipinski definition) is 5. The molecule has 9 heteroatoms. The molecule has 0 radical (unpaired) electrons. The van der Waals surface area contributed by atoms with Crippen molar-refractivity contribution < 1.29 is 24.9 Å². The van der Waals surface area contributed by atoms with Gasteiger partial charge in [-0.3, -0.25) is 9.79 Å². The number of Topliss-reactive ketones (excluding diaryl/α,β-unsaturated/α-hetero) is 1. The lowest BCUT2D eigenvalue weighted by Crippen LogP contribution is -2.41. The Labute approximate surface area is 276 Å². The molecule has 0 aromatic heterocycles. The number of nitrogens with one attached hydrogen (secondary N) is 1. The highest BCUT2D eigenvalue weighted by molar-refractivity contribution is 6.10. The molecule has 6 N–H and O–H groups in total. The molecule has 248 valence electrons. The van der Waals surface area contributed by atoms with E-state index in [1.165, 1.54) is 46.3 Å². The van der Waals surface area contributed by atoms with Crippen molar-refractivity contribution >= 4 is 17.1 Å². The highest BCUT2D eigenvalue weighted by atomic mass is 16.5. The van der Waals surface area contributed by atoms with Gasteiger partial charge in [0.25, 0.3) is 0 Å². The zero-order valence-electron chi connectivity index (χ0n) is 27.1. The lowest BCUT2D eigenvalue weighted by Gasteiger charge is -2.46. The molecule has 3 aliphatic heterocycles. The fraction of sp³-hybridized carbons (Fsp3) is 0.474. The summed E-state index contributed by atoms with van der Waals surface area (Å²) < 4.78 is 6.13. The summed E-state index contributed by atoms with van der Waals surface area (Å²) in [7, 11) is 0. The number of rotatable bonds is 13. The molecule has 1 saturated carbocycles. The number of carbonyl (C=O) groups is 1. The van der Waals surface area contributed by atoms with Crippen LogP contribution in [0.4, 0.5) is 0 Å². The average Bonchev–Trinajstić information content (AvgIpc) is 3.77. The topological polar surface area (TPSA) is 141 Å². The minimum Gasteiger partial charge on any atom is -0.504 e. The molecule has 0 amide bonds. The predicted octanol–water partition coefficient (Wildman–Crippen LogP) is 5.11. The van der Waals surface area contributed by atoms with Gasteiger partial charge in [-0.05, 0) is 90.0 Å². The minimum atomic E-state index is -0.836. The largest absolute Gasteiger partial charge is 0.504 e. The zero-order valence-corrected chi connectivity index (χ0v) is 27.1. The molecule has 0 bridgehead atoms.